The number of hydrogen-bond acceptors (Lipinski definition) is 5. The van der Waals surface area contributed by atoms with Crippen LogP contribution in [0.5, 0.6) is 0 Å². The van der Waals surface area contributed by atoms with E-state index in [9.17, 15) is 14.3 Å². The number of nitrogens with zero attached hydrogens (tertiary/aromatic N) is 3. The maximum absolute atomic E-state index is 14.5. The topological polar surface area (TPSA) is 68.3 Å². The molecule has 2 saturated heterocycles. The zero-order valence-electron chi connectivity index (χ0n) is 13.2. The van der Waals surface area contributed by atoms with Crippen LogP contribution in [0.25, 0.3) is 0 Å². The normalized spacial score (nSPS) is 20.9. The zero-order chi connectivity index (χ0) is 17.3. The molecule has 2 heterocycles. The Morgan fingerprint density at radius 1 is 1.46 bits per heavy atom. The van der Waals surface area contributed by atoms with Crippen molar-refractivity contribution in [1.82, 2.24) is 10.2 Å². The molecule has 1 aromatic carbocycles. The molecular weight excluding hydrogens is 335 g/mol. The number of piperazine rings is 1. The van der Waals surface area contributed by atoms with Crippen molar-refractivity contribution < 1.29 is 19.0 Å². The van der Waals surface area contributed by atoms with Crippen molar-refractivity contribution in [3.63, 3.8) is 0 Å². The lowest BCUT2D eigenvalue weighted by Crippen LogP contribution is -2.43. The van der Waals surface area contributed by atoms with Gasteiger partial charge < -0.3 is 20.1 Å². The number of halogens is 1. The number of amides is 1. The van der Waals surface area contributed by atoms with Gasteiger partial charge in [0.05, 0.1) is 17.9 Å². The lowest BCUT2D eigenvalue weighted by atomic mass is 10.2. The van der Waals surface area contributed by atoms with Gasteiger partial charge in [0.25, 0.3) is 5.17 Å². The van der Waals surface area contributed by atoms with Crippen molar-refractivity contribution in [3.05, 3.63) is 24.0 Å². The Labute approximate surface area is 144 Å². The van der Waals surface area contributed by atoms with Gasteiger partial charge in [0.1, 0.15) is 5.82 Å². The predicted octanol–water partition coefficient (Wildman–Crippen LogP) is 1.29. The second-order valence-corrected chi connectivity index (χ2v) is 6.08. The molecule has 130 valence electrons. The van der Waals surface area contributed by atoms with Crippen LogP contribution in [0, 0.1) is 5.82 Å². The third-order valence-electron chi connectivity index (χ3n) is 4.23. The number of aliphatic hydroxyl groups excluding tert-OH is 1. The van der Waals surface area contributed by atoms with Gasteiger partial charge in [-0.2, -0.15) is 0 Å². The minimum Gasteiger partial charge on any atom is -0.486 e. The van der Waals surface area contributed by atoms with E-state index < -0.39 is 12.3 Å². The molecule has 24 heavy (non-hydrogen) atoms. The number of ether oxygens (including phenoxy) is 1. The monoisotopic (exact) mass is 354 g/mol. The van der Waals surface area contributed by atoms with Gasteiger partial charge in [0.15, 0.2) is 6.23 Å². The molecule has 2 fully saturated rings. The van der Waals surface area contributed by atoms with Gasteiger partial charge in [-0.25, -0.2) is 9.18 Å². The van der Waals surface area contributed by atoms with Crippen LogP contribution in [0.4, 0.5) is 20.6 Å². The molecule has 0 spiro atoms. The first-order chi connectivity index (χ1) is 11.5. The number of thiocarbonyl (C=S) groups is 1. The van der Waals surface area contributed by atoms with Crippen molar-refractivity contribution in [2.75, 3.05) is 49.6 Å². The van der Waals surface area contributed by atoms with Crippen molar-refractivity contribution in [3.8, 4) is 0 Å². The smallest absolute Gasteiger partial charge is 0.416 e. The number of carbonyl (C=O) groups is 1. The molecule has 0 saturated carbocycles. The van der Waals surface area contributed by atoms with Gasteiger partial charge in [0, 0.05) is 33.2 Å². The van der Waals surface area contributed by atoms with Crippen LogP contribution in [0.3, 0.4) is 0 Å². The molecule has 9 heteroatoms. The largest absolute Gasteiger partial charge is 0.486 e. The lowest BCUT2D eigenvalue weighted by Gasteiger charge is -2.30. The molecule has 3 rings (SSSR count). The van der Waals surface area contributed by atoms with E-state index in [1.807, 2.05) is 4.90 Å². The SMILES string of the molecule is CN(C(O)=S)[C@@H]1CN(c2ccc(N3CCNCC3)c(F)c2)C(=O)O1. The summed E-state index contributed by atoms with van der Waals surface area (Å²) in [6.07, 6.45) is -1.30. The number of rotatable bonds is 3. The van der Waals surface area contributed by atoms with Gasteiger partial charge in [-0.1, -0.05) is 0 Å². The summed E-state index contributed by atoms with van der Waals surface area (Å²) in [7, 11) is 1.53. The standard InChI is InChI=1S/C15H19FN4O3S/c1-18(15(22)24)13-9-20(14(21)23-13)10-2-3-12(11(16)8-10)19-6-4-17-5-7-19/h2-3,8,13,17H,4-7,9H2,1H3,(H,22,24)/t13-/m0/s1. The summed E-state index contributed by atoms with van der Waals surface area (Å²) < 4.78 is 19.6. The predicted molar refractivity (Wildman–Crippen MR) is 92.1 cm³/mol. The van der Waals surface area contributed by atoms with Crippen molar-refractivity contribution in [1.29, 1.82) is 0 Å². The summed E-state index contributed by atoms with van der Waals surface area (Å²) in [6, 6.07) is 4.70. The molecule has 0 unspecified atom stereocenters. The molecule has 0 aliphatic carbocycles. The van der Waals surface area contributed by atoms with Gasteiger partial charge >= 0.3 is 6.09 Å². The van der Waals surface area contributed by atoms with Gasteiger partial charge in [-0.05, 0) is 30.4 Å². The van der Waals surface area contributed by atoms with Crippen molar-refractivity contribution >= 4 is 34.9 Å². The minimum absolute atomic E-state index is 0.155. The van der Waals surface area contributed by atoms with Crippen molar-refractivity contribution in [2.24, 2.45) is 0 Å². The fraction of sp³-hybridized carbons (Fsp3) is 0.467. The quantitative estimate of drug-likeness (QED) is 0.793. The summed E-state index contributed by atoms with van der Waals surface area (Å²) in [5, 5.41) is 12.2. The highest BCUT2D eigenvalue weighted by atomic mass is 32.1. The first kappa shape index (κ1) is 16.7. The maximum atomic E-state index is 14.5. The first-order valence-electron chi connectivity index (χ1n) is 7.66. The van der Waals surface area contributed by atoms with Crippen molar-refractivity contribution in [2.45, 2.75) is 6.23 Å². The molecule has 2 aliphatic heterocycles. The Bertz CT molecular complexity index is 654. The number of cyclic esters (lactones) is 1. The Balaban J connectivity index is 1.76. The second kappa shape index (κ2) is 6.78. The van der Waals surface area contributed by atoms with Crippen LogP contribution in [0.1, 0.15) is 0 Å². The fourth-order valence-electron chi connectivity index (χ4n) is 2.81. The van der Waals surface area contributed by atoms with Gasteiger partial charge in [-0.3, -0.25) is 9.80 Å². The molecule has 2 N–H and O–H groups in total. The highest BCUT2D eigenvalue weighted by molar-refractivity contribution is 7.79. The second-order valence-electron chi connectivity index (χ2n) is 5.72. The third-order valence-corrected chi connectivity index (χ3v) is 4.52. The Morgan fingerprint density at radius 2 is 2.17 bits per heavy atom. The van der Waals surface area contributed by atoms with E-state index in [4.69, 9.17) is 4.74 Å². The Morgan fingerprint density at radius 3 is 2.79 bits per heavy atom. The van der Waals surface area contributed by atoms with E-state index in [2.05, 4.69) is 17.5 Å². The number of nitrogens with one attached hydrogen (secondary N) is 1. The Hall–Kier alpha value is -2.13. The minimum atomic E-state index is -0.703. The van der Waals surface area contributed by atoms with Crippen LogP contribution in [0.2, 0.25) is 0 Å². The number of carbonyl (C=O) groups excluding carboxylic acids is 1. The fourth-order valence-corrected chi connectivity index (χ4v) is 2.93. The van der Waals surface area contributed by atoms with Gasteiger partial charge in [-0.15, -0.1) is 0 Å². The maximum Gasteiger partial charge on any atom is 0.416 e. The summed E-state index contributed by atoms with van der Waals surface area (Å²) in [5.74, 6) is -0.378. The molecule has 1 amide bonds. The molecule has 0 bridgehead atoms. The van der Waals surface area contributed by atoms with Crippen LogP contribution in [0.15, 0.2) is 18.2 Å². The summed E-state index contributed by atoms with van der Waals surface area (Å²) >= 11 is 4.66. The lowest BCUT2D eigenvalue weighted by molar-refractivity contribution is 0.0709. The highest BCUT2D eigenvalue weighted by Gasteiger charge is 2.36. The summed E-state index contributed by atoms with van der Waals surface area (Å²) in [5.41, 5.74) is 0.939. The number of hydrogen-bond donors (Lipinski definition) is 2. The van der Waals surface area contributed by atoms with Crippen LogP contribution in [-0.2, 0) is 4.74 Å². The zero-order valence-corrected chi connectivity index (χ0v) is 14.1. The Kier molecular flexibility index (Phi) is 4.72. The molecule has 0 aromatic heterocycles. The molecule has 1 aromatic rings. The third kappa shape index (κ3) is 3.22. The summed E-state index contributed by atoms with van der Waals surface area (Å²) in [6.45, 7) is 3.26. The summed E-state index contributed by atoms with van der Waals surface area (Å²) in [4.78, 5) is 16.6. The van der Waals surface area contributed by atoms with E-state index in [0.717, 1.165) is 26.2 Å². The van der Waals surface area contributed by atoms with E-state index >= 15 is 0 Å². The average Bonchev–Trinajstić information content (AvgIpc) is 2.96. The molecule has 1 atom stereocenters. The first-order valence-corrected chi connectivity index (χ1v) is 8.07. The molecule has 7 nitrogen and oxygen atoms in total. The van der Waals surface area contributed by atoms with Crippen LogP contribution < -0.4 is 15.1 Å². The average molecular weight is 354 g/mol. The number of aliphatic hydroxyl groups is 1. The van der Waals surface area contributed by atoms with E-state index in [1.54, 1.807) is 12.1 Å². The van der Waals surface area contributed by atoms with Crippen LogP contribution in [-0.4, -0.2) is 67.3 Å². The van der Waals surface area contributed by atoms with E-state index in [1.165, 1.54) is 22.9 Å². The number of likely N-dealkylation sites (N-methyl/N-ethyl adjacent to an activating group) is 1. The molecular formula is C15H19FN4O3S. The number of benzene rings is 1. The van der Waals surface area contributed by atoms with Gasteiger partial charge in [0.2, 0.25) is 0 Å². The molecule has 0 radical (unpaired) electrons. The number of anilines is 2. The van der Waals surface area contributed by atoms with E-state index in [0.29, 0.717) is 11.4 Å². The highest BCUT2D eigenvalue weighted by Crippen LogP contribution is 2.28. The van der Waals surface area contributed by atoms with Crippen LogP contribution >= 0.6 is 12.2 Å². The van der Waals surface area contributed by atoms with E-state index in [-0.39, 0.29) is 17.5 Å². The molecule has 2 aliphatic rings.